The Morgan fingerprint density at radius 1 is 1.56 bits per heavy atom. The lowest BCUT2D eigenvalue weighted by Gasteiger charge is -2.10. The first-order valence-corrected chi connectivity index (χ1v) is 5.52. The van der Waals surface area contributed by atoms with Crippen molar-refractivity contribution in [2.45, 2.75) is 19.5 Å². The lowest BCUT2D eigenvalue weighted by molar-refractivity contribution is 0.174. The van der Waals surface area contributed by atoms with Crippen LogP contribution >= 0.6 is 11.6 Å². The van der Waals surface area contributed by atoms with Crippen LogP contribution in [0.25, 0.3) is 0 Å². The molecule has 0 saturated carbocycles. The number of benzene rings is 1. The van der Waals surface area contributed by atoms with Gasteiger partial charge in [-0.1, -0.05) is 17.7 Å². The molecule has 1 aromatic rings. The summed E-state index contributed by atoms with van der Waals surface area (Å²) in [6, 6.07) is 4.10. The molecule has 0 aromatic heterocycles. The summed E-state index contributed by atoms with van der Waals surface area (Å²) in [6.07, 6.45) is 1.86. The highest BCUT2D eigenvalue weighted by molar-refractivity contribution is 6.32. The number of nitrogens with one attached hydrogen (secondary N) is 1. The van der Waals surface area contributed by atoms with Crippen LogP contribution in [0.15, 0.2) is 24.8 Å². The van der Waals surface area contributed by atoms with Crippen molar-refractivity contribution in [3.05, 3.63) is 35.4 Å². The molecule has 16 heavy (non-hydrogen) atoms. The fourth-order valence-corrected chi connectivity index (χ4v) is 1.77. The molecule has 1 N–H and O–H groups in total. The van der Waals surface area contributed by atoms with E-state index in [0.29, 0.717) is 10.8 Å². The minimum absolute atomic E-state index is 0.245. The molecule has 0 radical (unpaired) electrons. The van der Waals surface area contributed by atoms with Crippen LogP contribution in [0.3, 0.4) is 0 Å². The Morgan fingerprint density at radius 3 is 3.12 bits per heavy atom. The van der Waals surface area contributed by atoms with E-state index in [4.69, 9.17) is 21.1 Å². The van der Waals surface area contributed by atoms with E-state index in [9.17, 15) is 0 Å². The Kier molecular flexibility index (Phi) is 3.36. The van der Waals surface area contributed by atoms with Crippen molar-refractivity contribution < 1.29 is 9.47 Å². The van der Waals surface area contributed by atoms with Crippen molar-refractivity contribution in [3.63, 3.8) is 0 Å². The van der Waals surface area contributed by atoms with Crippen molar-refractivity contribution in [1.82, 2.24) is 5.32 Å². The molecule has 0 amide bonds. The Labute approximate surface area is 100 Å². The van der Waals surface area contributed by atoms with Crippen LogP contribution in [0.5, 0.6) is 11.5 Å². The minimum Gasteiger partial charge on any atom is -0.454 e. The molecule has 0 spiro atoms. The summed E-state index contributed by atoms with van der Waals surface area (Å²) >= 11 is 6.07. The molecular formula is C12H14ClNO2. The number of hydrogen-bond donors (Lipinski definition) is 1. The predicted octanol–water partition coefficient (Wildman–Crippen LogP) is 2.73. The number of halogens is 1. The molecule has 0 fully saturated rings. The van der Waals surface area contributed by atoms with E-state index in [2.05, 4.69) is 11.9 Å². The van der Waals surface area contributed by atoms with Gasteiger partial charge in [-0.2, -0.15) is 0 Å². The Bertz CT molecular complexity index is 406. The predicted molar refractivity (Wildman–Crippen MR) is 64.1 cm³/mol. The fourth-order valence-electron chi connectivity index (χ4n) is 1.49. The van der Waals surface area contributed by atoms with Crippen LogP contribution in [-0.4, -0.2) is 12.8 Å². The lowest BCUT2D eigenvalue weighted by Crippen LogP contribution is -2.22. The van der Waals surface area contributed by atoms with Crippen molar-refractivity contribution in [1.29, 1.82) is 0 Å². The fraction of sp³-hybridized carbons (Fsp3) is 0.333. The van der Waals surface area contributed by atoms with Crippen LogP contribution < -0.4 is 14.8 Å². The zero-order valence-corrected chi connectivity index (χ0v) is 9.88. The Balaban J connectivity index is 2.11. The first kappa shape index (κ1) is 11.3. The first-order valence-electron chi connectivity index (χ1n) is 5.14. The van der Waals surface area contributed by atoms with E-state index in [1.165, 1.54) is 0 Å². The monoisotopic (exact) mass is 239 g/mol. The van der Waals surface area contributed by atoms with Crippen LogP contribution in [0.4, 0.5) is 0 Å². The van der Waals surface area contributed by atoms with Gasteiger partial charge in [-0.3, -0.25) is 0 Å². The Morgan fingerprint density at radius 2 is 2.38 bits per heavy atom. The smallest absolute Gasteiger partial charge is 0.231 e. The summed E-state index contributed by atoms with van der Waals surface area (Å²) in [5.41, 5.74) is 1.07. The van der Waals surface area contributed by atoms with Gasteiger partial charge in [-0.15, -0.1) is 6.58 Å². The summed E-state index contributed by atoms with van der Waals surface area (Å²) in [5, 5.41) is 3.89. The zero-order chi connectivity index (χ0) is 11.5. The second-order valence-corrected chi connectivity index (χ2v) is 4.12. The third kappa shape index (κ3) is 2.31. The summed E-state index contributed by atoms with van der Waals surface area (Å²) in [7, 11) is 0. The van der Waals surface area contributed by atoms with Gasteiger partial charge in [0.15, 0.2) is 11.5 Å². The highest BCUT2D eigenvalue weighted by atomic mass is 35.5. The van der Waals surface area contributed by atoms with E-state index in [-0.39, 0.29) is 12.8 Å². The average molecular weight is 240 g/mol. The quantitative estimate of drug-likeness (QED) is 0.820. The molecule has 0 bridgehead atoms. The molecule has 1 aliphatic rings. The van der Waals surface area contributed by atoms with E-state index in [1.54, 1.807) is 0 Å². The largest absolute Gasteiger partial charge is 0.454 e. The molecule has 3 nitrogen and oxygen atoms in total. The van der Waals surface area contributed by atoms with Gasteiger partial charge in [0.25, 0.3) is 0 Å². The topological polar surface area (TPSA) is 30.5 Å². The molecule has 1 aliphatic heterocycles. The van der Waals surface area contributed by atoms with Crippen LogP contribution in [0.1, 0.15) is 12.5 Å². The van der Waals surface area contributed by atoms with Gasteiger partial charge in [-0.25, -0.2) is 0 Å². The first-order chi connectivity index (χ1) is 7.70. The van der Waals surface area contributed by atoms with E-state index >= 15 is 0 Å². The number of fused-ring (bicyclic) bond motifs is 1. The highest BCUT2D eigenvalue weighted by Gasteiger charge is 2.18. The molecule has 2 rings (SSSR count). The average Bonchev–Trinajstić information content (AvgIpc) is 2.74. The summed E-state index contributed by atoms with van der Waals surface area (Å²) in [6.45, 7) is 6.73. The normalized spacial score (nSPS) is 14.9. The van der Waals surface area contributed by atoms with Crippen LogP contribution in [0, 0.1) is 0 Å². The van der Waals surface area contributed by atoms with Crippen LogP contribution in [-0.2, 0) is 6.54 Å². The van der Waals surface area contributed by atoms with Gasteiger partial charge < -0.3 is 14.8 Å². The van der Waals surface area contributed by atoms with Crippen molar-refractivity contribution in [2.24, 2.45) is 0 Å². The third-order valence-electron chi connectivity index (χ3n) is 2.47. The second kappa shape index (κ2) is 4.76. The molecule has 1 heterocycles. The maximum atomic E-state index is 6.07. The van der Waals surface area contributed by atoms with E-state index in [0.717, 1.165) is 17.9 Å². The van der Waals surface area contributed by atoms with E-state index < -0.39 is 0 Å². The minimum atomic E-state index is 0.245. The standard InChI is InChI=1S/C12H14ClNO2/c1-3-8(2)14-6-9-4-10(13)12-11(5-9)15-7-16-12/h3-5,8,14H,1,6-7H2,2H3. The van der Waals surface area contributed by atoms with Gasteiger partial charge in [0.1, 0.15) is 0 Å². The van der Waals surface area contributed by atoms with E-state index in [1.807, 2.05) is 25.1 Å². The van der Waals surface area contributed by atoms with Crippen LogP contribution in [0.2, 0.25) is 5.02 Å². The number of hydrogen-bond acceptors (Lipinski definition) is 3. The maximum absolute atomic E-state index is 6.07. The number of rotatable bonds is 4. The molecule has 0 aliphatic carbocycles. The molecule has 1 aromatic carbocycles. The maximum Gasteiger partial charge on any atom is 0.231 e. The molecule has 4 heteroatoms. The lowest BCUT2D eigenvalue weighted by atomic mass is 10.2. The molecule has 1 unspecified atom stereocenters. The van der Waals surface area contributed by atoms with Crippen molar-refractivity contribution in [3.8, 4) is 11.5 Å². The highest BCUT2D eigenvalue weighted by Crippen LogP contribution is 2.39. The third-order valence-corrected chi connectivity index (χ3v) is 2.75. The molecule has 0 saturated heterocycles. The van der Waals surface area contributed by atoms with Crippen molar-refractivity contribution >= 4 is 11.6 Å². The van der Waals surface area contributed by atoms with Gasteiger partial charge in [0, 0.05) is 12.6 Å². The molecular weight excluding hydrogens is 226 g/mol. The molecule has 1 atom stereocenters. The van der Waals surface area contributed by atoms with Gasteiger partial charge >= 0.3 is 0 Å². The van der Waals surface area contributed by atoms with Gasteiger partial charge in [0.2, 0.25) is 6.79 Å². The Hall–Kier alpha value is -1.19. The van der Waals surface area contributed by atoms with Crippen molar-refractivity contribution in [2.75, 3.05) is 6.79 Å². The summed E-state index contributed by atoms with van der Waals surface area (Å²) in [4.78, 5) is 0. The summed E-state index contributed by atoms with van der Waals surface area (Å²) < 4.78 is 10.5. The zero-order valence-electron chi connectivity index (χ0n) is 9.13. The molecule has 86 valence electrons. The van der Waals surface area contributed by atoms with Gasteiger partial charge in [0.05, 0.1) is 5.02 Å². The number of ether oxygens (including phenoxy) is 2. The SMILES string of the molecule is C=CC(C)NCc1cc(Cl)c2c(c1)OCO2. The van der Waals surface area contributed by atoms with Gasteiger partial charge in [-0.05, 0) is 24.6 Å². The summed E-state index contributed by atoms with van der Waals surface area (Å²) in [5.74, 6) is 1.36. The second-order valence-electron chi connectivity index (χ2n) is 3.72.